The number of rotatable bonds is 7. The van der Waals surface area contributed by atoms with Crippen LogP contribution in [0, 0.1) is 0 Å². The predicted molar refractivity (Wildman–Crippen MR) is 97.2 cm³/mol. The molecule has 128 valence electrons. The maximum absolute atomic E-state index is 12.6. The molecule has 2 amide bonds. The third-order valence-corrected chi connectivity index (χ3v) is 5.12. The standard InChI is InChI=1S/C19H24N2O2S/c22-19(20-11-10-18-9-5-13-24-18)21(15-17-8-4-12-23-17)14-16-6-2-1-3-7-16/h1-3,5-7,9,13,17H,4,8,10-12,14-15H2,(H,20,22)/t17-/m0/s1. The first-order valence-electron chi connectivity index (χ1n) is 8.52. The van der Waals surface area contributed by atoms with E-state index in [2.05, 4.69) is 28.9 Å². The molecule has 1 aromatic heterocycles. The minimum Gasteiger partial charge on any atom is -0.376 e. The van der Waals surface area contributed by atoms with Crippen molar-refractivity contribution in [2.45, 2.75) is 31.9 Å². The van der Waals surface area contributed by atoms with Crippen molar-refractivity contribution in [2.75, 3.05) is 19.7 Å². The Morgan fingerprint density at radius 1 is 1.25 bits per heavy atom. The lowest BCUT2D eigenvalue weighted by Gasteiger charge is -2.26. The largest absolute Gasteiger partial charge is 0.376 e. The lowest BCUT2D eigenvalue weighted by Crippen LogP contribution is -2.43. The van der Waals surface area contributed by atoms with E-state index in [1.54, 1.807) is 11.3 Å². The minimum absolute atomic E-state index is 0.00842. The number of hydrogen-bond donors (Lipinski definition) is 1. The van der Waals surface area contributed by atoms with Gasteiger partial charge >= 0.3 is 6.03 Å². The van der Waals surface area contributed by atoms with Gasteiger partial charge in [0.25, 0.3) is 0 Å². The summed E-state index contributed by atoms with van der Waals surface area (Å²) in [5, 5.41) is 5.12. The number of benzene rings is 1. The molecule has 3 rings (SSSR count). The van der Waals surface area contributed by atoms with Crippen molar-refractivity contribution in [3.05, 3.63) is 58.3 Å². The monoisotopic (exact) mass is 344 g/mol. The highest BCUT2D eigenvalue weighted by Crippen LogP contribution is 2.15. The molecule has 4 nitrogen and oxygen atoms in total. The Hall–Kier alpha value is -1.85. The minimum atomic E-state index is -0.00842. The second-order valence-electron chi connectivity index (χ2n) is 6.06. The van der Waals surface area contributed by atoms with Crippen LogP contribution in [0.4, 0.5) is 4.79 Å². The molecule has 1 N–H and O–H groups in total. The SMILES string of the molecule is O=C(NCCc1cccs1)N(Cc1ccccc1)C[C@@H]1CCCO1. The molecule has 1 aromatic carbocycles. The first-order valence-corrected chi connectivity index (χ1v) is 9.40. The van der Waals surface area contributed by atoms with Gasteiger partial charge in [-0.05, 0) is 36.3 Å². The van der Waals surface area contributed by atoms with Crippen molar-refractivity contribution in [3.63, 3.8) is 0 Å². The Balaban J connectivity index is 1.55. The third kappa shape index (κ3) is 5.08. The summed E-state index contributed by atoms with van der Waals surface area (Å²) >= 11 is 1.73. The number of urea groups is 1. The van der Waals surface area contributed by atoms with E-state index in [1.165, 1.54) is 4.88 Å². The fraction of sp³-hybridized carbons (Fsp3) is 0.421. The summed E-state index contributed by atoms with van der Waals surface area (Å²) in [6.45, 7) is 2.74. The van der Waals surface area contributed by atoms with Gasteiger partial charge in [0.2, 0.25) is 0 Å². The summed E-state index contributed by atoms with van der Waals surface area (Å²) in [4.78, 5) is 15.8. The topological polar surface area (TPSA) is 41.6 Å². The van der Waals surface area contributed by atoms with Gasteiger partial charge in [-0.3, -0.25) is 0 Å². The molecule has 2 aromatic rings. The second-order valence-corrected chi connectivity index (χ2v) is 7.09. The van der Waals surface area contributed by atoms with E-state index in [9.17, 15) is 4.79 Å². The molecule has 1 aliphatic rings. The summed E-state index contributed by atoms with van der Waals surface area (Å²) in [5.74, 6) is 0. The molecule has 0 saturated carbocycles. The van der Waals surface area contributed by atoms with Crippen LogP contribution in [-0.2, 0) is 17.7 Å². The Kier molecular flexibility index (Phi) is 6.26. The summed E-state index contributed by atoms with van der Waals surface area (Å²) in [5.41, 5.74) is 1.14. The highest BCUT2D eigenvalue weighted by molar-refractivity contribution is 7.09. The van der Waals surface area contributed by atoms with Crippen molar-refractivity contribution in [1.29, 1.82) is 0 Å². The van der Waals surface area contributed by atoms with E-state index in [4.69, 9.17) is 4.74 Å². The fourth-order valence-electron chi connectivity index (χ4n) is 2.92. The van der Waals surface area contributed by atoms with Crippen molar-refractivity contribution in [2.24, 2.45) is 0 Å². The van der Waals surface area contributed by atoms with E-state index >= 15 is 0 Å². The zero-order valence-corrected chi connectivity index (χ0v) is 14.6. The van der Waals surface area contributed by atoms with Crippen LogP contribution in [0.3, 0.4) is 0 Å². The van der Waals surface area contributed by atoms with Gasteiger partial charge in [-0.1, -0.05) is 36.4 Å². The van der Waals surface area contributed by atoms with Crippen molar-refractivity contribution in [1.82, 2.24) is 10.2 Å². The number of carbonyl (C=O) groups excluding carboxylic acids is 1. The molecule has 0 aliphatic carbocycles. The Labute approximate surface area is 147 Å². The Morgan fingerprint density at radius 2 is 2.12 bits per heavy atom. The molecule has 1 saturated heterocycles. The molecule has 0 unspecified atom stereocenters. The molecule has 24 heavy (non-hydrogen) atoms. The van der Waals surface area contributed by atoms with Gasteiger partial charge in [0.1, 0.15) is 0 Å². The van der Waals surface area contributed by atoms with E-state index in [0.29, 0.717) is 19.6 Å². The average molecular weight is 344 g/mol. The van der Waals surface area contributed by atoms with Crippen LogP contribution in [0.5, 0.6) is 0 Å². The molecular weight excluding hydrogens is 320 g/mol. The van der Waals surface area contributed by atoms with Gasteiger partial charge in [-0.15, -0.1) is 11.3 Å². The molecule has 1 fully saturated rings. The zero-order valence-electron chi connectivity index (χ0n) is 13.8. The number of hydrogen-bond acceptors (Lipinski definition) is 3. The predicted octanol–water partition coefficient (Wildman–Crippen LogP) is 3.68. The van der Waals surface area contributed by atoms with E-state index < -0.39 is 0 Å². The number of nitrogens with zero attached hydrogens (tertiary/aromatic N) is 1. The second kappa shape index (κ2) is 8.85. The first-order chi connectivity index (χ1) is 11.8. The lowest BCUT2D eigenvalue weighted by atomic mass is 10.2. The molecule has 1 atom stereocenters. The molecule has 0 radical (unpaired) electrons. The molecule has 0 spiro atoms. The van der Waals surface area contributed by atoms with Crippen LogP contribution >= 0.6 is 11.3 Å². The molecule has 2 heterocycles. The normalized spacial score (nSPS) is 16.9. The maximum Gasteiger partial charge on any atom is 0.317 e. The van der Waals surface area contributed by atoms with Crippen LogP contribution in [0.25, 0.3) is 0 Å². The van der Waals surface area contributed by atoms with Gasteiger partial charge in [0, 0.05) is 31.1 Å². The van der Waals surface area contributed by atoms with E-state index in [0.717, 1.165) is 31.4 Å². The Bertz CT molecular complexity index is 610. The van der Waals surface area contributed by atoms with Crippen molar-refractivity contribution < 1.29 is 9.53 Å². The number of thiophene rings is 1. The number of ether oxygens (including phenoxy) is 1. The van der Waals surface area contributed by atoms with Gasteiger partial charge in [0.15, 0.2) is 0 Å². The highest BCUT2D eigenvalue weighted by atomic mass is 32.1. The first kappa shape index (κ1) is 17.0. The van der Waals surface area contributed by atoms with Crippen LogP contribution in [0.15, 0.2) is 47.8 Å². The number of amides is 2. The van der Waals surface area contributed by atoms with Crippen molar-refractivity contribution in [3.8, 4) is 0 Å². The summed E-state index contributed by atoms with van der Waals surface area (Å²) in [6, 6.07) is 14.3. The van der Waals surface area contributed by atoms with E-state index in [1.807, 2.05) is 29.2 Å². The number of nitrogens with one attached hydrogen (secondary N) is 1. The van der Waals surface area contributed by atoms with Crippen LogP contribution in [0.2, 0.25) is 0 Å². The fourth-order valence-corrected chi connectivity index (χ4v) is 3.63. The highest BCUT2D eigenvalue weighted by Gasteiger charge is 2.22. The number of carbonyl (C=O) groups is 1. The quantitative estimate of drug-likeness (QED) is 0.832. The Morgan fingerprint density at radius 3 is 2.83 bits per heavy atom. The lowest BCUT2D eigenvalue weighted by molar-refractivity contribution is 0.0795. The zero-order chi connectivity index (χ0) is 16.6. The van der Waals surface area contributed by atoms with Gasteiger partial charge in [-0.2, -0.15) is 0 Å². The average Bonchev–Trinajstić information content (AvgIpc) is 3.29. The van der Waals surface area contributed by atoms with Gasteiger partial charge < -0.3 is 15.0 Å². The van der Waals surface area contributed by atoms with Gasteiger partial charge in [0.05, 0.1) is 6.10 Å². The van der Waals surface area contributed by atoms with E-state index in [-0.39, 0.29) is 12.1 Å². The molecule has 1 aliphatic heterocycles. The molecular formula is C19H24N2O2S. The van der Waals surface area contributed by atoms with Crippen LogP contribution in [0.1, 0.15) is 23.3 Å². The third-order valence-electron chi connectivity index (χ3n) is 4.18. The summed E-state index contributed by atoms with van der Waals surface area (Å²) in [6.07, 6.45) is 3.16. The summed E-state index contributed by atoms with van der Waals surface area (Å²) < 4.78 is 5.71. The van der Waals surface area contributed by atoms with Crippen molar-refractivity contribution >= 4 is 17.4 Å². The van der Waals surface area contributed by atoms with Crippen LogP contribution < -0.4 is 5.32 Å². The van der Waals surface area contributed by atoms with Crippen LogP contribution in [-0.4, -0.2) is 36.7 Å². The maximum atomic E-state index is 12.6. The summed E-state index contributed by atoms with van der Waals surface area (Å²) in [7, 11) is 0. The molecule has 0 bridgehead atoms. The molecule has 5 heteroatoms. The smallest absolute Gasteiger partial charge is 0.317 e. The van der Waals surface area contributed by atoms with Gasteiger partial charge in [-0.25, -0.2) is 4.79 Å².